The first kappa shape index (κ1) is 11.3. The second-order valence-electron chi connectivity index (χ2n) is 4.54. The van der Waals surface area contributed by atoms with E-state index in [0.29, 0.717) is 11.7 Å². The Morgan fingerprint density at radius 3 is 2.44 bits per heavy atom. The van der Waals surface area contributed by atoms with E-state index in [1.807, 2.05) is 0 Å². The number of aryl methyl sites for hydroxylation is 1. The van der Waals surface area contributed by atoms with Crippen molar-refractivity contribution in [3.63, 3.8) is 0 Å². The van der Waals surface area contributed by atoms with Crippen molar-refractivity contribution in [2.75, 3.05) is 0 Å². The Morgan fingerprint density at radius 2 is 1.88 bits per heavy atom. The molecule has 4 heteroatoms. The second-order valence-corrected chi connectivity index (χ2v) is 4.54. The van der Waals surface area contributed by atoms with Crippen molar-refractivity contribution in [3.05, 3.63) is 27.7 Å². The van der Waals surface area contributed by atoms with Crippen LogP contribution in [0.15, 0.2) is 4.79 Å². The highest BCUT2D eigenvalue weighted by molar-refractivity contribution is 5.07. The first-order valence-electron chi connectivity index (χ1n) is 5.95. The van der Waals surface area contributed by atoms with Crippen molar-refractivity contribution < 1.29 is 4.39 Å². The number of hydrogen-bond acceptors (Lipinski definition) is 2. The van der Waals surface area contributed by atoms with Gasteiger partial charge in [0.1, 0.15) is 5.82 Å². The van der Waals surface area contributed by atoms with Crippen LogP contribution in [0.25, 0.3) is 0 Å². The van der Waals surface area contributed by atoms with E-state index < -0.39 is 11.4 Å². The molecule has 0 unspecified atom stereocenters. The Kier molecular flexibility index (Phi) is 3.36. The minimum Gasteiger partial charge on any atom is -0.308 e. The first-order valence-corrected chi connectivity index (χ1v) is 5.95. The van der Waals surface area contributed by atoms with Gasteiger partial charge in [-0.2, -0.15) is 4.39 Å². The third-order valence-electron chi connectivity index (χ3n) is 3.29. The number of nitrogens with one attached hydrogen (secondary N) is 1. The van der Waals surface area contributed by atoms with Gasteiger partial charge in [-0.3, -0.25) is 4.79 Å². The molecule has 0 aliphatic heterocycles. The van der Waals surface area contributed by atoms with Crippen LogP contribution >= 0.6 is 0 Å². The molecule has 2 rings (SSSR count). The minimum atomic E-state index is -0.752. The first-order chi connectivity index (χ1) is 7.68. The molecule has 16 heavy (non-hydrogen) atoms. The van der Waals surface area contributed by atoms with Crippen LogP contribution in [0.5, 0.6) is 0 Å². The summed E-state index contributed by atoms with van der Waals surface area (Å²) in [5, 5.41) is 0. The molecule has 3 nitrogen and oxygen atoms in total. The van der Waals surface area contributed by atoms with Gasteiger partial charge >= 0.3 is 0 Å². The monoisotopic (exact) mass is 224 g/mol. The molecular formula is C12H17FN2O. The average molecular weight is 224 g/mol. The summed E-state index contributed by atoms with van der Waals surface area (Å²) in [6.45, 7) is 1.55. The number of hydrogen-bond donors (Lipinski definition) is 1. The van der Waals surface area contributed by atoms with Gasteiger partial charge in [-0.15, -0.1) is 0 Å². The van der Waals surface area contributed by atoms with Crippen molar-refractivity contribution in [1.82, 2.24) is 9.97 Å². The maximum atomic E-state index is 13.2. The van der Waals surface area contributed by atoms with E-state index in [9.17, 15) is 9.18 Å². The van der Waals surface area contributed by atoms with E-state index in [1.165, 1.54) is 25.7 Å². The molecule has 1 aromatic heterocycles. The maximum Gasteiger partial charge on any atom is 0.287 e. The highest BCUT2D eigenvalue weighted by atomic mass is 19.1. The molecule has 1 aliphatic carbocycles. The van der Waals surface area contributed by atoms with E-state index >= 15 is 0 Å². The smallest absolute Gasteiger partial charge is 0.287 e. The lowest BCUT2D eigenvalue weighted by Crippen LogP contribution is -2.19. The Balaban J connectivity index is 2.28. The van der Waals surface area contributed by atoms with Crippen LogP contribution in [-0.4, -0.2) is 9.97 Å². The van der Waals surface area contributed by atoms with E-state index in [4.69, 9.17) is 0 Å². The minimum absolute atomic E-state index is 0.211. The summed E-state index contributed by atoms with van der Waals surface area (Å²) in [4.78, 5) is 18.1. The van der Waals surface area contributed by atoms with Gasteiger partial charge < -0.3 is 4.98 Å². The lowest BCUT2D eigenvalue weighted by atomic mass is 9.99. The van der Waals surface area contributed by atoms with Crippen molar-refractivity contribution in [1.29, 1.82) is 0 Å². The number of nitrogens with zero attached hydrogens (tertiary/aromatic N) is 1. The molecule has 1 aliphatic rings. The van der Waals surface area contributed by atoms with E-state index in [0.717, 1.165) is 12.8 Å². The molecule has 1 aromatic rings. The summed E-state index contributed by atoms with van der Waals surface area (Å²) in [7, 11) is 0. The van der Waals surface area contributed by atoms with Gasteiger partial charge in [0.05, 0.1) is 5.69 Å². The highest BCUT2D eigenvalue weighted by Gasteiger charge is 2.18. The molecule has 0 saturated heterocycles. The third kappa shape index (κ3) is 2.31. The fourth-order valence-corrected chi connectivity index (χ4v) is 2.34. The normalized spacial score (nSPS) is 18.4. The van der Waals surface area contributed by atoms with Crippen molar-refractivity contribution in [3.8, 4) is 0 Å². The number of rotatable bonds is 1. The zero-order valence-electron chi connectivity index (χ0n) is 9.55. The number of H-pyrrole nitrogens is 1. The molecule has 0 bridgehead atoms. The molecule has 0 spiro atoms. The molecule has 88 valence electrons. The SMILES string of the molecule is Cc1nc(C2CCCCCC2)[nH]c(=O)c1F. The quantitative estimate of drug-likeness (QED) is 0.745. The van der Waals surface area contributed by atoms with Crippen molar-refractivity contribution in [2.24, 2.45) is 0 Å². The van der Waals surface area contributed by atoms with Gasteiger partial charge in [0, 0.05) is 5.92 Å². The van der Waals surface area contributed by atoms with Gasteiger partial charge in [-0.1, -0.05) is 25.7 Å². The Morgan fingerprint density at radius 1 is 1.25 bits per heavy atom. The largest absolute Gasteiger partial charge is 0.308 e. The van der Waals surface area contributed by atoms with Crippen LogP contribution in [0.3, 0.4) is 0 Å². The Bertz CT molecular complexity index is 420. The highest BCUT2D eigenvalue weighted by Crippen LogP contribution is 2.29. The van der Waals surface area contributed by atoms with Crippen molar-refractivity contribution in [2.45, 2.75) is 51.4 Å². The van der Waals surface area contributed by atoms with Crippen LogP contribution in [0.1, 0.15) is 56.0 Å². The molecule has 0 radical (unpaired) electrons. The molecule has 1 N–H and O–H groups in total. The summed E-state index contributed by atoms with van der Waals surface area (Å²) in [6, 6.07) is 0. The predicted molar refractivity (Wildman–Crippen MR) is 60.0 cm³/mol. The molecular weight excluding hydrogens is 207 g/mol. The average Bonchev–Trinajstić information content (AvgIpc) is 2.53. The lowest BCUT2D eigenvalue weighted by molar-refractivity contribution is 0.532. The topological polar surface area (TPSA) is 45.8 Å². The Hall–Kier alpha value is -1.19. The zero-order chi connectivity index (χ0) is 11.5. The molecule has 0 aromatic carbocycles. The number of aromatic amines is 1. The van der Waals surface area contributed by atoms with Crippen molar-refractivity contribution >= 4 is 0 Å². The lowest BCUT2D eigenvalue weighted by Gasteiger charge is -2.13. The fraction of sp³-hybridized carbons (Fsp3) is 0.667. The zero-order valence-corrected chi connectivity index (χ0v) is 9.55. The third-order valence-corrected chi connectivity index (χ3v) is 3.29. The molecule has 1 fully saturated rings. The van der Waals surface area contributed by atoms with Gasteiger partial charge in [0.25, 0.3) is 5.56 Å². The summed E-state index contributed by atoms with van der Waals surface area (Å²) in [6.07, 6.45) is 6.94. The molecule has 1 heterocycles. The molecule has 0 atom stereocenters. The molecule has 1 saturated carbocycles. The summed E-state index contributed by atoms with van der Waals surface area (Å²) in [5.74, 6) is 0.220. The van der Waals surface area contributed by atoms with E-state index in [1.54, 1.807) is 6.92 Å². The van der Waals surface area contributed by atoms with Crippen LogP contribution in [0.2, 0.25) is 0 Å². The summed E-state index contributed by atoms with van der Waals surface area (Å²) >= 11 is 0. The number of halogens is 1. The standard InChI is InChI=1S/C12H17FN2O/c1-8-10(13)12(16)15-11(14-8)9-6-4-2-3-5-7-9/h9H,2-7H2,1H3,(H,14,15,16). The number of aromatic nitrogens is 2. The van der Waals surface area contributed by atoms with Gasteiger partial charge in [0.15, 0.2) is 0 Å². The predicted octanol–water partition coefficient (Wildman–Crippen LogP) is 2.66. The van der Waals surface area contributed by atoms with Gasteiger partial charge in [-0.25, -0.2) is 4.98 Å². The summed E-state index contributed by atoms with van der Waals surface area (Å²) < 4.78 is 13.2. The summed E-state index contributed by atoms with van der Waals surface area (Å²) in [5.41, 5.74) is -0.422. The van der Waals surface area contributed by atoms with Gasteiger partial charge in [-0.05, 0) is 19.8 Å². The maximum absolute atomic E-state index is 13.2. The fourth-order valence-electron chi connectivity index (χ4n) is 2.34. The van der Waals surface area contributed by atoms with Crippen LogP contribution < -0.4 is 5.56 Å². The van der Waals surface area contributed by atoms with Gasteiger partial charge in [0.2, 0.25) is 5.82 Å². The van der Waals surface area contributed by atoms with Crippen LogP contribution in [-0.2, 0) is 0 Å². The Labute approximate surface area is 94.1 Å². The van der Waals surface area contributed by atoms with Crippen LogP contribution in [0.4, 0.5) is 4.39 Å². The van der Waals surface area contributed by atoms with E-state index in [2.05, 4.69) is 9.97 Å². The molecule has 0 amide bonds. The second kappa shape index (κ2) is 4.76. The van der Waals surface area contributed by atoms with E-state index in [-0.39, 0.29) is 5.69 Å². The van der Waals surface area contributed by atoms with Crippen LogP contribution in [0, 0.1) is 12.7 Å².